The van der Waals surface area contributed by atoms with Gasteiger partial charge in [-0.2, -0.15) is 0 Å². The fraction of sp³-hybridized carbons (Fsp3) is 0.241. The van der Waals surface area contributed by atoms with E-state index in [2.05, 4.69) is 0 Å². The van der Waals surface area contributed by atoms with Gasteiger partial charge < -0.3 is 14.6 Å². The number of hydrogen-bond acceptors (Lipinski definition) is 4. The molecule has 0 aliphatic carbocycles. The topological polar surface area (TPSA) is 70.7 Å². The zero-order chi connectivity index (χ0) is 26.1. The number of aromatic hydroxyl groups is 1. The summed E-state index contributed by atoms with van der Waals surface area (Å²) in [6, 6.07) is 14.5. The summed E-state index contributed by atoms with van der Waals surface area (Å²) in [6.45, 7) is 0.460. The Morgan fingerprint density at radius 2 is 1.71 bits per heavy atom. The Hall–Kier alpha value is -4.40. The molecule has 2 aromatic carbocycles. The molecule has 192 valence electrons. The summed E-state index contributed by atoms with van der Waals surface area (Å²) in [5.74, 6) is -2.94. The van der Waals surface area contributed by atoms with Crippen molar-refractivity contribution in [3.05, 3.63) is 106 Å². The van der Waals surface area contributed by atoms with E-state index in [1.54, 1.807) is 27.8 Å². The Balaban J connectivity index is 1.59. The Kier molecular flexibility index (Phi) is 4.98. The number of carbonyl (C=O) groups excluding carboxylic acids is 1. The first-order chi connectivity index (χ1) is 18.5. The number of nitrogens with zero attached hydrogens (tertiary/aromatic N) is 4. The highest BCUT2D eigenvalue weighted by molar-refractivity contribution is 5.96. The van der Waals surface area contributed by atoms with Crippen LogP contribution >= 0.6 is 0 Å². The first-order valence-corrected chi connectivity index (χ1v) is 12.8. The average molecular weight is 515 g/mol. The average Bonchev–Trinajstić information content (AvgIpc) is 3.21. The predicted octanol–water partition coefficient (Wildman–Crippen LogP) is 4.69. The molecule has 0 unspecified atom stereocenters. The molecule has 3 aliphatic heterocycles. The minimum atomic E-state index is -0.951. The van der Waals surface area contributed by atoms with E-state index in [9.17, 15) is 19.1 Å². The Labute approximate surface area is 216 Å². The summed E-state index contributed by atoms with van der Waals surface area (Å²) in [4.78, 5) is 27.8. The van der Waals surface area contributed by atoms with Gasteiger partial charge in [-0.15, -0.1) is 0 Å². The lowest BCUT2D eigenvalue weighted by Gasteiger charge is -2.49. The maximum absolute atomic E-state index is 15.7. The minimum absolute atomic E-state index is 0.124. The smallest absolute Gasteiger partial charge is 0.278 e. The Morgan fingerprint density at radius 1 is 0.868 bits per heavy atom. The van der Waals surface area contributed by atoms with Gasteiger partial charge >= 0.3 is 0 Å². The van der Waals surface area contributed by atoms with Gasteiger partial charge in [0.2, 0.25) is 5.43 Å². The molecule has 2 aromatic heterocycles. The molecular weight excluding hydrogens is 490 g/mol. The molecule has 7 rings (SSSR count). The number of carbonyl (C=O) groups is 1. The first-order valence-electron chi connectivity index (χ1n) is 12.8. The van der Waals surface area contributed by atoms with Crippen LogP contribution < -0.4 is 10.4 Å². The number of aromatic nitrogens is 2. The van der Waals surface area contributed by atoms with Crippen LogP contribution in [0, 0.1) is 11.6 Å². The molecule has 7 nitrogen and oxygen atoms in total. The van der Waals surface area contributed by atoms with Gasteiger partial charge in [-0.25, -0.2) is 8.78 Å². The third-order valence-electron chi connectivity index (χ3n) is 7.97. The van der Waals surface area contributed by atoms with Crippen LogP contribution in [0.1, 0.15) is 53.3 Å². The molecule has 0 radical (unpaired) electrons. The lowest BCUT2D eigenvalue weighted by atomic mass is 9.91. The number of halogens is 2. The van der Waals surface area contributed by atoms with E-state index in [0.717, 1.165) is 36.6 Å². The van der Waals surface area contributed by atoms with E-state index in [1.807, 2.05) is 40.0 Å². The van der Waals surface area contributed by atoms with Crippen molar-refractivity contribution < 1.29 is 18.7 Å². The van der Waals surface area contributed by atoms with Crippen LogP contribution in [0.15, 0.2) is 71.8 Å². The highest BCUT2D eigenvalue weighted by Crippen LogP contribution is 2.46. The molecule has 0 saturated carbocycles. The summed E-state index contributed by atoms with van der Waals surface area (Å²) in [5, 5.41) is 12.8. The van der Waals surface area contributed by atoms with Crippen LogP contribution in [0.4, 0.5) is 8.78 Å². The molecule has 0 spiro atoms. The van der Waals surface area contributed by atoms with Crippen molar-refractivity contribution in [3.8, 4) is 22.7 Å². The number of hydrogen-bond donors (Lipinski definition) is 1. The second-order valence-electron chi connectivity index (χ2n) is 9.98. The number of amides is 1. The summed E-state index contributed by atoms with van der Waals surface area (Å²) in [5.41, 5.74) is 2.01. The number of fused-ring (bicyclic) bond motifs is 7. The fourth-order valence-corrected chi connectivity index (χ4v) is 6.33. The van der Waals surface area contributed by atoms with Crippen LogP contribution in [-0.2, 0) is 0 Å². The minimum Gasteiger partial charge on any atom is -0.502 e. The molecule has 5 heterocycles. The lowest BCUT2D eigenvalue weighted by molar-refractivity contribution is 0.0557. The van der Waals surface area contributed by atoms with E-state index in [4.69, 9.17) is 0 Å². The van der Waals surface area contributed by atoms with Crippen molar-refractivity contribution in [2.45, 2.75) is 37.9 Å². The molecule has 4 aromatic rings. The van der Waals surface area contributed by atoms with Gasteiger partial charge in [0, 0.05) is 36.1 Å². The SMILES string of the molecule is O=C1c2c(O)c(=O)ccn2N([C@@H]2c3ccccc3-n3cccc3-c3c2ccc(F)c3F)[C@@H]2CCCCCN12. The molecular formula is C29H24F2N4O3. The first kappa shape index (κ1) is 22.8. The van der Waals surface area contributed by atoms with Gasteiger partial charge in [-0.1, -0.05) is 30.7 Å². The van der Waals surface area contributed by atoms with E-state index in [-0.39, 0.29) is 11.3 Å². The Bertz CT molecular complexity index is 1680. The third-order valence-corrected chi connectivity index (χ3v) is 7.97. The van der Waals surface area contributed by atoms with E-state index in [1.165, 1.54) is 12.3 Å². The lowest BCUT2D eigenvalue weighted by Crippen LogP contribution is -2.62. The molecule has 0 bridgehead atoms. The van der Waals surface area contributed by atoms with Gasteiger partial charge in [0.05, 0.1) is 11.4 Å². The van der Waals surface area contributed by atoms with E-state index in [0.29, 0.717) is 24.2 Å². The number of pyridine rings is 1. The Morgan fingerprint density at radius 3 is 2.58 bits per heavy atom. The monoisotopic (exact) mass is 514 g/mol. The largest absolute Gasteiger partial charge is 0.502 e. The normalized spacial score (nSPS) is 20.0. The van der Waals surface area contributed by atoms with Crippen LogP contribution in [0.5, 0.6) is 5.75 Å². The maximum atomic E-state index is 15.7. The van der Waals surface area contributed by atoms with Crippen molar-refractivity contribution in [3.63, 3.8) is 0 Å². The molecule has 1 amide bonds. The molecule has 1 N–H and O–H groups in total. The van der Waals surface area contributed by atoms with Gasteiger partial charge in [-0.05, 0) is 49.1 Å². The maximum Gasteiger partial charge on any atom is 0.278 e. The summed E-state index contributed by atoms with van der Waals surface area (Å²) in [7, 11) is 0. The number of benzene rings is 2. The highest BCUT2D eigenvalue weighted by Gasteiger charge is 2.45. The number of rotatable bonds is 1. The zero-order valence-corrected chi connectivity index (χ0v) is 20.3. The van der Waals surface area contributed by atoms with Crippen molar-refractivity contribution in [2.24, 2.45) is 0 Å². The fourth-order valence-electron chi connectivity index (χ4n) is 6.33. The van der Waals surface area contributed by atoms with Gasteiger partial charge in [0.1, 0.15) is 12.2 Å². The molecule has 1 fully saturated rings. The highest BCUT2D eigenvalue weighted by atomic mass is 19.2. The molecule has 38 heavy (non-hydrogen) atoms. The molecule has 1 saturated heterocycles. The van der Waals surface area contributed by atoms with Crippen LogP contribution in [0.25, 0.3) is 16.9 Å². The summed E-state index contributed by atoms with van der Waals surface area (Å²) in [6.07, 6.45) is 6.10. The van der Waals surface area contributed by atoms with Gasteiger partial charge in [0.15, 0.2) is 23.1 Å². The van der Waals surface area contributed by atoms with E-state index >= 15 is 4.39 Å². The second kappa shape index (κ2) is 8.31. The van der Waals surface area contributed by atoms with Crippen LogP contribution in [0.3, 0.4) is 0 Å². The van der Waals surface area contributed by atoms with Crippen LogP contribution in [-0.4, -0.2) is 37.9 Å². The molecule has 9 heteroatoms. The zero-order valence-electron chi connectivity index (χ0n) is 20.3. The van der Waals surface area contributed by atoms with Crippen molar-refractivity contribution in [1.82, 2.24) is 14.1 Å². The predicted molar refractivity (Wildman–Crippen MR) is 137 cm³/mol. The standard InChI is InChI=1S/C29H24F2N4O3/c30-19-12-11-18-24(25(19)31)21-9-6-15-32(21)20-8-4-3-7-17(20)26(18)35-23-10-2-1-5-14-33(23)29(38)27-28(37)22(36)13-16-34(27)35/h3-4,6-9,11-13,15-16,23,26,37H,1-2,5,10,14H2/t23-,26-/m1/s1. The molecule has 2 atom stereocenters. The third kappa shape index (κ3) is 3.04. The number of para-hydroxylation sites is 1. The van der Waals surface area contributed by atoms with E-state index < -0.39 is 40.9 Å². The van der Waals surface area contributed by atoms with Gasteiger partial charge in [0.25, 0.3) is 5.91 Å². The summed E-state index contributed by atoms with van der Waals surface area (Å²) < 4.78 is 33.8. The molecule has 3 aliphatic rings. The van der Waals surface area contributed by atoms with Gasteiger partial charge in [-0.3, -0.25) is 19.3 Å². The second-order valence-corrected chi connectivity index (χ2v) is 9.98. The quantitative estimate of drug-likeness (QED) is 0.400. The van der Waals surface area contributed by atoms with Crippen molar-refractivity contribution >= 4 is 5.91 Å². The van der Waals surface area contributed by atoms with Crippen molar-refractivity contribution in [1.29, 1.82) is 0 Å². The van der Waals surface area contributed by atoms with Crippen molar-refractivity contribution in [2.75, 3.05) is 11.6 Å². The van der Waals surface area contributed by atoms with Crippen LogP contribution in [0.2, 0.25) is 0 Å². The summed E-state index contributed by atoms with van der Waals surface area (Å²) >= 11 is 0.